The summed E-state index contributed by atoms with van der Waals surface area (Å²) in [5.74, 6) is 0. The number of aromatic nitrogens is 3. The molecular weight excluding hydrogens is 224 g/mol. The van der Waals surface area contributed by atoms with Crippen molar-refractivity contribution in [3.8, 4) is 0 Å². The van der Waals surface area contributed by atoms with E-state index in [9.17, 15) is 0 Å². The molecule has 1 aromatic heterocycles. The van der Waals surface area contributed by atoms with E-state index in [0.29, 0.717) is 6.04 Å². The van der Waals surface area contributed by atoms with Gasteiger partial charge in [-0.2, -0.15) is 0 Å². The van der Waals surface area contributed by atoms with Gasteiger partial charge in [-0.15, -0.1) is 5.10 Å². The Morgan fingerprint density at radius 3 is 2.94 bits per heavy atom. The molecule has 0 aliphatic rings. The third-order valence-electron chi connectivity index (χ3n) is 3.19. The zero-order valence-corrected chi connectivity index (χ0v) is 11.3. The highest BCUT2D eigenvalue weighted by molar-refractivity contribution is 5.73. The van der Waals surface area contributed by atoms with E-state index in [1.165, 1.54) is 19.3 Å². The second kappa shape index (κ2) is 6.50. The summed E-state index contributed by atoms with van der Waals surface area (Å²) < 4.78 is 2.00. The molecule has 0 aliphatic heterocycles. The van der Waals surface area contributed by atoms with Crippen molar-refractivity contribution < 1.29 is 0 Å². The number of hydrogen-bond donors (Lipinski definition) is 1. The predicted molar refractivity (Wildman–Crippen MR) is 74.6 cm³/mol. The molecule has 18 heavy (non-hydrogen) atoms. The second-order valence-corrected chi connectivity index (χ2v) is 4.78. The van der Waals surface area contributed by atoms with Gasteiger partial charge in [-0.25, -0.2) is 4.68 Å². The van der Waals surface area contributed by atoms with Crippen LogP contribution in [0.5, 0.6) is 0 Å². The Morgan fingerprint density at radius 2 is 2.11 bits per heavy atom. The lowest BCUT2D eigenvalue weighted by Gasteiger charge is -2.13. The smallest absolute Gasteiger partial charge is 0.113 e. The average molecular weight is 246 g/mol. The van der Waals surface area contributed by atoms with Crippen LogP contribution < -0.4 is 5.32 Å². The van der Waals surface area contributed by atoms with Gasteiger partial charge in [0.25, 0.3) is 0 Å². The van der Waals surface area contributed by atoms with E-state index in [0.717, 1.165) is 24.1 Å². The molecule has 0 radical (unpaired) electrons. The SMILES string of the molecule is CCCCCNCC(C)n1nnc2ccccc21. The van der Waals surface area contributed by atoms with Gasteiger partial charge in [0.2, 0.25) is 0 Å². The van der Waals surface area contributed by atoms with Gasteiger partial charge in [-0.3, -0.25) is 0 Å². The molecule has 1 N–H and O–H groups in total. The molecule has 0 aliphatic carbocycles. The first-order valence-corrected chi connectivity index (χ1v) is 6.83. The molecule has 4 nitrogen and oxygen atoms in total. The van der Waals surface area contributed by atoms with Crippen molar-refractivity contribution in [1.29, 1.82) is 0 Å². The Morgan fingerprint density at radius 1 is 1.28 bits per heavy atom. The highest BCUT2D eigenvalue weighted by Crippen LogP contribution is 2.14. The van der Waals surface area contributed by atoms with E-state index in [-0.39, 0.29) is 0 Å². The number of nitrogens with one attached hydrogen (secondary N) is 1. The normalized spacial score (nSPS) is 13.0. The van der Waals surface area contributed by atoms with Crippen molar-refractivity contribution in [2.75, 3.05) is 13.1 Å². The molecule has 1 heterocycles. The van der Waals surface area contributed by atoms with Gasteiger partial charge in [0, 0.05) is 6.54 Å². The number of unbranched alkanes of at least 4 members (excludes halogenated alkanes) is 2. The minimum absolute atomic E-state index is 0.332. The van der Waals surface area contributed by atoms with Gasteiger partial charge < -0.3 is 5.32 Å². The summed E-state index contributed by atoms with van der Waals surface area (Å²) in [5.41, 5.74) is 2.08. The second-order valence-electron chi connectivity index (χ2n) is 4.78. The van der Waals surface area contributed by atoms with Gasteiger partial charge in [0.1, 0.15) is 5.52 Å². The lowest BCUT2D eigenvalue weighted by molar-refractivity contribution is 0.450. The first kappa shape index (κ1) is 13.0. The zero-order valence-electron chi connectivity index (χ0n) is 11.3. The first-order chi connectivity index (χ1) is 8.83. The highest BCUT2D eigenvalue weighted by atomic mass is 15.4. The molecule has 2 aromatic rings. The summed E-state index contributed by atoms with van der Waals surface area (Å²) >= 11 is 0. The maximum absolute atomic E-state index is 4.24. The lowest BCUT2D eigenvalue weighted by atomic mass is 10.2. The van der Waals surface area contributed by atoms with Crippen LogP contribution in [-0.2, 0) is 0 Å². The van der Waals surface area contributed by atoms with Crippen LogP contribution in [0, 0.1) is 0 Å². The fraction of sp³-hybridized carbons (Fsp3) is 0.571. The molecule has 1 aromatic carbocycles. The number of fused-ring (bicyclic) bond motifs is 1. The first-order valence-electron chi connectivity index (χ1n) is 6.83. The number of nitrogens with zero attached hydrogens (tertiary/aromatic N) is 3. The standard InChI is InChI=1S/C14H22N4/c1-3-4-7-10-15-11-12(2)18-14-9-6-5-8-13(14)16-17-18/h5-6,8-9,12,15H,3-4,7,10-11H2,1-2H3. The summed E-state index contributed by atoms with van der Waals surface area (Å²) in [5, 5.41) is 11.9. The third kappa shape index (κ3) is 3.07. The van der Waals surface area contributed by atoms with Crippen LogP contribution in [-0.4, -0.2) is 28.1 Å². The monoisotopic (exact) mass is 246 g/mol. The van der Waals surface area contributed by atoms with E-state index in [4.69, 9.17) is 0 Å². The Hall–Kier alpha value is -1.42. The topological polar surface area (TPSA) is 42.7 Å². The summed E-state index contributed by atoms with van der Waals surface area (Å²) in [6.45, 7) is 6.43. The average Bonchev–Trinajstić information content (AvgIpc) is 2.82. The fourth-order valence-electron chi connectivity index (χ4n) is 2.11. The van der Waals surface area contributed by atoms with Crippen LogP contribution in [0.15, 0.2) is 24.3 Å². The van der Waals surface area contributed by atoms with Gasteiger partial charge in [-0.05, 0) is 32.0 Å². The Bertz CT molecular complexity index is 477. The minimum atomic E-state index is 0.332. The molecule has 0 saturated heterocycles. The molecule has 98 valence electrons. The van der Waals surface area contributed by atoms with Crippen LogP contribution in [0.3, 0.4) is 0 Å². The number of para-hydroxylation sites is 1. The summed E-state index contributed by atoms with van der Waals surface area (Å²) in [6.07, 6.45) is 3.82. The third-order valence-corrected chi connectivity index (χ3v) is 3.19. The number of hydrogen-bond acceptors (Lipinski definition) is 3. The summed E-state index contributed by atoms with van der Waals surface area (Å²) in [6, 6.07) is 8.43. The van der Waals surface area contributed by atoms with E-state index in [2.05, 4.69) is 35.5 Å². The van der Waals surface area contributed by atoms with E-state index in [1.54, 1.807) is 0 Å². The molecule has 0 amide bonds. The Kier molecular flexibility index (Phi) is 4.70. The predicted octanol–water partition coefficient (Wildman–Crippen LogP) is 2.77. The van der Waals surface area contributed by atoms with Crippen LogP contribution in [0.2, 0.25) is 0 Å². The van der Waals surface area contributed by atoms with Crippen molar-refractivity contribution in [1.82, 2.24) is 20.3 Å². The zero-order chi connectivity index (χ0) is 12.8. The van der Waals surface area contributed by atoms with Gasteiger partial charge >= 0.3 is 0 Å². The molecular formula is C14H22N4. The molecule has 0 bridgehead atoms. The molecule has 0 spiro atoms. The quantitative estimate of drug-likeness (QED) is 0.764. The Labute approximate surface area is 108 Å². The van der Waals surface area contributed by atoms with E-state index >= 15 is 0 Å². The van der Waals surface area contributed by atoms with Crippen LogP contribution >= 0.6 is 0 Å². The van der Waals surface area contributed by atoms with Gasteiger partial charge in [-0.1, -0.05) is 37.1 Å². The van der Waals surface area contributed by atoms with Crippen molar-refractivity contribution in [2.24, 2.45) is 0 Å². The molecule has 2 rings (SSSR count). The van der Waals surface area contributed by atoms with Crippen molar-refractivity contribution in [2.45, 2.75) is 39.2 Å². The Balaban J connectivity index is 1.90. The summed E-state index contributed by atoms with van der Waals surface area (Å²) in [4.78, 5) is 0. The molecule has 1 atom stereocenters. The maximum atomic E-state index is 4.24. The maximum Gasteiger partial charge on any atom is 0.113 e. The van der Waals surface area contributed by atoms with Crippen LogP contribution in [0.25, 0.3) is 11.0 Å². The van der Waals surface area contributed by atoms with Crippen LogP contribution in [0.4, 0.5) is 0 Å². The highest BCUT2D eigenvalue weighted by Gasteiger charge is 2.09. The molecule has 0 fully saturated rings. The summed E-state index contributed by atoms with van der Waals surface area (Å²) in [7, 11) is 0. The lowest BCUT2D eigenvalue weighted by Crippen LogP contribution is -2.25. The molecule has 1 unspecified atom stereocenters. The van der Waals surface area contributed by atoms with Crippen molar-refractivity contribution >= 4 is 11.0 Å². The fourth-order valence-corrected chi connectivity index (χ4v) is 2.11. The van der Waals surface area contributed by atoms with Crippen molar-refractivity contribution in [3.63, 3.8) is 0 Å². The number of benzene rings is 1. The molecule has 0 saturated carbocycles. The van der Waals surface area contributed by atoms with Gasteiger partial charge in [0.05, 0.1) is 11.6 Å². The van der Waals surface area contributed by atoms with Crippen molar-refractivity contribution in [3.05, 3.63) is 24.3 Å². The minimum Gasteiger partial charge on any atom is -0.315 e. The molecule has 4 heteroatoms. The van der Waals surface area contributed by atoms with E-state index in [1.807, 2.05) is 22.9 Å². The largest absolute Gasteiger partial charge is 0.315 e. The van der Waals surface area contributed by atoms with E-state index < -0.39 is 0 Å². The van der Waals surface area contributed by atoms with Gasteiger partial charge in [0.15, 0.2) is 0 Å². The van der Waals surface area contributed by atoms with Crippen LogP contribution in [0.1, 0.15) is 39.2 Å². The number of rotatable bonds is 7.